The first kappa shape index (κ1) is 10.5. The van der Waals surface area contributed by atoms with Crippen molar-refractivity contribution in [1.82, 2.24) is 9.97 Å². The first-order valence-corrected chi connectivity index (χ1v) is 4.92. The van der Waals surface area contributed by atoms with Crippen LogP contribution in [0.3, 0.4) is 0 Å². The molecule has 2 N–H and O–H groups in total. The van der Waals surface area contributed by atoms with Crippen molar-refractivity contribution in [3.63, 3.8) is 0 Å². The standard InChI is InChI=1S/C12H12FN3/c1-7-3-9(13)4-8(2)12(7)10-5-11(14)16-6-15-10/h3-6H,1-2H3,(H2,14,15,16). The summed E-state index contributed by atoms with van der Waals surface area (Å²) in [6.07, 6.45) is 1.41. The molecule has 0 saturated heterocycles. The molecule has 0 radical (unpaired) electrons. The normalized spacial score (nSPS) is 10.4. The summed E-state index contributed by atoms with van der Waals surface area (Å²) in [6.45, 7) is 3.70. The van der Waals surface area contributed by atoms with Gasteiger partial charge in [-0.15, -0.1) is 0 Å². The molecule has 16 heavy (non-hydrogen) atoms. The number of benzene rings is 1. The second-order valence-corrected chi connectivity index (χ2v) is 3.74. The van der Waals surface area contributed by atoms with Crippen LogP contribution in [0.25, 0.3) is 11.3 Å². The van der Waals surface area contributed by atoms with E-state index in [9.17, 15) is 4.39 Å². The highest BCUT2D eigenvalue weighted by Gasteiger charge is 2.09. The average molecular weight is 217 g/mol. The largest absolute Gasteiger partial charge is 0.384 e. The molecule has 2 aromatic rings. The Kier molecular flexibility index (Phi) is 2.56. The molecule has 4 heteroatoms. The maximum atomic E-state index is 13.1. The number of hydrogen-bond acceptors (Lipinski definition) is 3. The predicted molar refractivity (Wildman–Crippen MR) is 61.3 cm³/mol. The Hall–Kier alpha value is -1.97. The van der Waals surface area contributed by atoms with Gasteiger partial charge in [-0.1, -0.05) is 0 Å². The number of halogens is 1. The smallest absolute Gasteiger partial charge is 0.127 e. The van der Waals surface area contributed by atoms with Crippen molar-refractivity contribution in [3.8, 4) is 11.3 Å². The monoisotopic (exact) mass is 217 g/mol. The minimum Gasteiger partial charge on any atom is -0.384 e. The van der Waals surface area contributed by atoms with Gasteiger partial charge in [-0.3, -0.25) is 0 Å². The Labute approximate surface area is 93.2 Å². The zero-order valence-corrected chi connectivity index (χ0v) is 9.16. The second-order valence-electron chi connectivity index (χ2n) is 3.74. The lowest BCUT2D eigenvalue weighted by molar-refractivity contribution is 0.625. The molecule has 1 heterocycles. The van der Waals surface area contributed by atoms with Gasteiger partial charge in [-0.05, 0) is 37.1 Å². The number of rotatable bonds is 1. The summed E-state index contributed by atoms with van der Waals surface area (Å²) in [4.78, 5) is 7.98. The molecular weight excluding hydrogens is 205 g/mol. The van der Waals surface area contributed by atoms with E-state index in [2.05, 4.69) is 9.97 Å². The quantitative estimate of drug-likeness (QED) is 0.798. The Morgan fingerprint density at radius 2 is 1.69 bits per heavy atom. The first-order valence-electron chi connectivity index (χ1n) is 4.92. The molecule has 0 aliphatic carbocycles. The number of hydrogen-bond donors (Lipinski definition) is 1. The molecule has 0 unspecified atom stereocenters. The van der Waals surface area contributed by atoms with E-state index in [0.29, 0.717) is 5.82 Å². The summed E-state index contributed by atoms with van der Waals surface area (Å²) in [5.74, 6) is 0.175. The van der Waals surface area contributed by atoms with Gasteiger partial charge in [0.2, 0.25) is 0 Å². The molecule has 1 aromatic carbocycles. The van der Waals surface area contributed by atoms with E-state index in [1.165, 1.54) is 18.5 Å². The number of aryl methyl sites for hydroxylation is 2. The van der Waals surface area contributed by atoms with Gasteiger partial charge in [-0.25, -0.2) is 14.4 Å². The number of aromatic nitrogens is 2. The summed E-state index contributed by atoms with van der Waals surface area (Å²) in [5.41, 5.74) is 8.92. The maximum Gasteiger partial charge on any atom is 0.127 e. The van der Waals surface area contributed by atoms with Gasteiger partial charge in [0.15, 0.2) is 0 Å². The highest BCUT2D eigenvalue weighted by atomic mass is 19.1. The van der Waals surface area contributed by atoms with Crippen LogP contribution >= 0.6 is 0 Å². The molecule has 0 aliphatic rings. The van der Waals surface area contributed by atoms with Crippen LogP contribution in [0, 0.1) is 19.7 Å². The molecule has 0 aliphatic heterocycles. The van der Waals surface area contributed by atoms with Crippen LogP contribution in [-0.2, 0) is 0 Å². The van der Waals surface area contributed by atoms with Crippen molar-refractivity contribution in [2.75, 3.05) is 5.73 Å². The number of nitrogens with two attached hydrogens (primary N) is 1. The molecule has 0 bridgehead atoms. The summed E-state index contributed by atoms with van der Waals surface area (Å²) in [6, 6.07) is 4.66. The summed E-state index contributed by atoms with van der Waals surface area (Å²) in [7, 11) is 0. The lowest BCUT2D eigenvalue weighted by atomic mass is 9.99. The molecule has 0 spiro atoms. The Morgan fingerprint density at radius 3 is 2.25 bits per heavy atom. The van der Waals surface area contributed by atoms with Crippen LogP contribution in [0.4, 0.5) is 10.2 Å². The minimum absolute atomic E-state index is 0.235. The zero-order chi connectivity index (χ0) is 11.7. The minimum atomic E-state index is -0.235. The molecule has 0 atom stereocenters. The van der Waals surface area contributed by atoms with Gasteiger partial charge in [0.25, 0.3) is 0 Å². The highest BCUT2D eigenvalue weighted by molar-refractivity contribution is 5.68. The maximum absolute atomic E-state index is 13.1. The van der Waals surface area contributed by atoms with Crippen molar-refractivity contribution < 1.29 is 4.39 Å². The third kappa shape index (κ3) is 1.86. The van der Waals surface area contributed by atoms with Crippen LogP contribution < -0.4 is 5.73 Å². The SMILES string of the molecule is Cc1cc(F)cc(C)c1-c1cc(N)ncn1. The van der Waals surface area contributed by atoms with E-state index in [4.69, 9.17) is 5.73 Å². The fraction of sp³-hybridized carbons (Fsp3) is 0.167. The summed E-state index contributed by atoms with van der Waals surface area (Å²) < 4.78 is 13.1. The summed E-state index contributed by atoms with van der Waals surface area (Å²) >= 11 is 0. The van der Waals surface area contributed by atoms with Crippen LogP contribution in [0.15, 0.2) is 24.5 Å². The molecule has 3 nitrogen and oxygen atoms in total. The molecule has 0 fully saturated rings. The predicted octanol–water partition coefficient (Wildman–Crippen LogP) is 2.48. The average Bonchev–Trinajstić information content (AvgIpc) is 2.15. The van der Waals surface area contributed by atoms with Gasteiger partial charge in [-0.2, -0.15) is 0 Å². The van der Waals surface area contributed by atoms with E-state index < -0.39 is 0 Å². The van der Waals surface area contributed by atoms with Gasteiger partial charge >= 0.3 is 0 Å². The molecule has 0 saturated carbocycles. The van der Waals surface area contributed by atoms with E-state index in [1.807, 2.05) is 13.8 Å². The zero-order valence-electron chi connectivity index (χ0n) is 9.16. The van der Waals surface area contributed by atoms with Crippen LogP contribution in [0.5, 0.6) is 0 Å². The lowest BCUT2D eigenvalue weighted by Crippen LogP contribution is -1.96. The molecule has 82 valence electrons. The Morgan fingerprint density at radius 1 is 1.06 bits per heavy atom. The highest BCUT2D eigenvalue weighted by Crippen LogP contribution is 2.26. The van der Waals surface area contributed by atoms with Crippen molar-refractivity contribution in [3.05, 3.63) is 41.5 Å². The van der Waals surface area contributed by atoms with Crippen molar-refractivity contribution >= 4 is 5.82 Å². The van der Waals surface area contributed by atoms with Gasteiger partial charge < -0.3 is 5.73 Å². The molecule has 1 aromatic heterocycles. The van der Waals surface area contributed by atoms with Crippen molar-refractivity contribution in [2.45, 2.75) is 13.8 Å². The fourth-order valence-electron chi connectivity index (χ4n) is 1.82. The van der Waals surface area contributed by atoms with E-state index >= 15 is 0 Å². The Bertz CT molecular complexity index is 515. The second kappa shape index (κ2) is 3.89. The number of anilines is 1. The third-order valence-electron chi connectivity index (χ3n) is 2.44. The van der Waals surface area contributed by atoms with E-state index in [0.717, 1.165) is 22.4 Å². The van der Waals surface area contributed by atoms with Crippen LogP contribution in [0.2, 0.25) is 0 Å². The summed E-state index contributed by atoms with van der Waals surface area (Å²) in [5, 5.41) is 0. The van der Waals surface area contributed by atoms with Gasteiger partial charge in [0, 0.05) is 11.6 Å². The van der Waals surface area contributed by atoms with E-state index in [1.54, 1.807) is 6.07 Å². The molecule has 2 rings (SSSR count). The molecule has 0 amide bonds. The van der Waals surface area contributed by atoms with Gasteiger partial charge in [0.05, 0.1) is 5.69 Å². The van der Waals surface area contributed by atoms with Crippen LogP contribution in [-0.4, -0.2) is 9.97 Å². The first-order chi connectivity index (χ1) is 7.58. The lowest BCUT2D eigenvalue weighted by Gasteiger charge is -2.09. The number of nitrogen functional groups attached to an aromatic ring is 1. The van der Waals surface area contributed by atoms with Crippen molar-refractivity contribution in [1.29, 1.82) is 0 Å². The van der Waals surface area contributed by atoms with E-state index in [-0.39, 0.29) is 5.82 Å². The van der Waals surface area contributed by atoms with Gasteiger partial charge in [0.1, 0.15) is 18.0 Å². The molecular formula is C12H12FN3. The van der Waals surface area contributed by atoms with Crippen molar-refractivity contribution in [2.24, 2.45) is 0 Å². The third-order valence-corrected chi connectivity index (χ3v) is 2.44. The Balaban J connectivity index is 2.64. The van der Waals surface area contributed by atoms with Crippen LogP contribution in [0.1, 0.15) is 11.1 Å². The fourth-order valence-corrected chi connectivity index (χ4v) is 1.82. The topological polar surface area (TPSA) is 51.8 Å². The number of nitrogens with zero attached hydrogens (tertiary/aromatic N) is 2.